The minimum absolute atomic E-state index is 0.612. The maximum Gasteiger partial charge on any atom is 0.160 e. The quantitative estimate of drug-likeness (QED) is 0.150. The Kier molecular flexibility index (Phi) is 8.71. The molecular formula is C54H34N6. The number of hydrogen-bond acceptors (Lipinski definition) is 6. The van der Waals surface area contributed by atoms with Crippen LogP contribution in [0.1, 0.15) is 0 Å². The molecule has 0 N–H and O–H groups in total. The summed E-state index contributed by atoms with van der Waals surface area (Å²) in [6, 6.07) is 66.6. The maximum absolute atomic E-state index is 5.30. The first kappa shape index (κ1) is 35.0. The lowest BCUT2D eigenvalue weighted by molar-refractivity contribution is 1.16. The first-order chi connectivity index (χ1) is 29.7. The molecule has 11 aromatic rings. The molecule has 6 heteroatoms. The Morgan fingerprint density at radius 3 is 1.73 bits per heavy atom. The highest BCUT2D eigenvalue weighted by Gasteiger charge is 2.16. The second-order valence-electron chi connectivity index (χ2n) is 14.7. The minimum atomic E-state index is 0.612. The summed E-state index contributed by atoms with van der Waals surface area (Å²) in [5.41, 5.74) is 15.1. The largest absolute Gasteiger partial charge is 0.256 e. The third-order valence-corrected chi connectivity index (χ3v) is 11.0. The van der Waals surface area contributed by atoms with Gasteiger partial charge in [-0.3, -0.25) is 9.97 Å². The topological polar surface area (TPSA) is 77.3 Å². The Morgan fingerprint density at radius 1 is 0.267 bits per heavy atom. The van der Waals surface area contributed by atoms with Crippen molar-refractivity contribution in [3.63, 3.8) is 0 Å². The van der Waals surface area contributed by atoms with Gasteiger partial charge in [0.05, 0.1) is 45.0 Å². The van der Waals surface area contributed by atoms with E-state index in [0.717, 1.165) is 106 Å². The third-order valence-electron chi connectivity index (χ3n) is 11.0. The molecule has 5 heterocycles. The number of hydrogen-bond donors (Lipinski definition) is 0. The Morgan fingerprint density at radius 2 is 0.900 bits per heavy atom. The van der Waals surface area contributed by atoms with Crippen LogP contribution in [0.3, 0.4) is 0 Å². The van der Waals surface area contributed by atoms with Crippen molar-refractivity contribution in [1.82, 2.24) is 29.9 Å². The predicted molar refractivity (Wildman–Crippen MR) is 244 cm³/mol. The summed E-state index contributed by atoms with van der Waals surface area (Å²) in [6.07, 6.45) is 3.63. The van der Waals surface area contributed by atoms with Crippen LogP contribution in [0, 0.1) is 0 Å². The van der Waals surface area contributed by atoms with E-state index in [4.69, 9.17) is 24.9 Å². The fourth-order valence-electron chi connectivity index (χ4n) is 7.99. The number of aromatic nitrogens is 6. The van der Waals surface area contributed by atoms with Gasteiger partial charge >= 0.3 is 0 Å². The highest BCUT2D eigenvalue weighted by atomic mass is 14.9. The predicted octanol–water partition coefficient (Wildman–Crippen LogP) is 13.2. The van der Waals surface area contributed by atoms with Crippen molar-refractivity contribution in [3.8, 4) is 78.8 Å². The first-order valence-corrected chi connectivity index (χ1v) is 19.9. The van der Waals surface area contributed by atoms with E-state index in [2.05, 4.69) is 157 Å². The van der Waals surface area contributed by atoms with Crippen LogP contribution in [0.5, 0.6) is 0 Å². The molecule has 0 atom stereocenters. The monoisotopic (exact) mass is 766 g/mol. The van der Waals surface area contributed by atoms with Crippen LogP contribution < -0.4 is 0 Å². The number of rotatable bonds is 7. The van der Waals surface area contributed by atoms with Crippen molar-refractivity contribution < 1.29 is 0 Å². The Labute approximate surface area is 346 Å². The van der Waals surface area contributed by atoms with Gasteiger partial charge in [-0.25, -0.2) is 19.9 Å². The molecule has 60 heavy (non-hydrogen) atoms. The number of nitrogens with zero attached hydrogens (tertiary/aromatic N) is 6. The Balaban J connectivity index is 1.000. The zero-order valence-corrected chi connectivity index (χ0v) is 32.3. The maximum atomic E-state index is 5.30. The van der Waals surface area contributed by atoms with Crippen molar-refractivity contribution in [2.24, 2.45) is 0 Å². The van der Waals surface area contributed by atoms with Crippen LogP contribution in [0.25, 0.3) is 112 Å². The molecule has 0 aliphatic heterocycles. The summed E-state index contributed by atoms with van der Waals surface area (Å²) in [5.74, 6) is 0.612. The summed E-state index contributed by atoms with van der Waals surface area (Å²) in [5, 5.41) is 3.20. The molecule has 6 aromatic carbocycles. The van der Waals surface area contributed by atoms with Crippen molar-refractivity contribution in [2.45, 2.75) is 0 Å². The molecule has 0 saturated heterocycles. The van der Waals surface area contributed by atoms with Crippen molar-refractivity contribution in [1.29, 1.82) is 0 Å². The molecule has 0 bridgehead atoms. The van der Waals surface area contributed by atoms with Crippen LogP contribution in [0.15, 0.2) is 207 Å². The van der Waals surface area contributed by atoms with E-state index in [1.54, 1.807) is 6.20 Å². The summed E-state index contributed by atoms with van der Waals surface area (Å²) >= 11 is 0. The number of pyridine rings is 4. The van der Waals surface area contributed by atoms with Gasteiger partial charge < -0.3 is 0 Å². The molecule has 0 fully saturated rings. The summed E-state index contributed by atoms with van der Waals surface area (Å²) in [4.78, 5) is 30.1. The average molecular weight is 767 g/mol. The van der Waals surface area contributed by atoms with Crippen LogP contribution >= 0.6 is 0 Å². The normalized spacial score (nSPS) is 11.3. The van der Waals surface area contributed by atoms with E-state index in [9.17, 15) is 0 Å². The molecule has 0 unspecified atom stereocenters. The molecule has 0 saturated carbocycles. The molecule has 5 aromatic heterocycles. The molecule has 0 radical (unpaired) electrons. The van der Waals surface area contributed by atoms with E-state index >= 15 is 0 Å². The number of benzene rings is 6. The number of para-hydroxylation sites is 1. The van der Waals surface area contributed by atoms with Gasteiger partial charge in [0.25, 0.3) is 0 Å². The summed E-state index contributed by atoms with van der Waals surface area (Å²) < 4.78 is 0. The van der Waals surface area contributed by atoms with Crippen LogP contribution in [-0.2, 0) is 0 Å². The highest BCUT2D eigenvalue weighted by Crippen LogP contribution is 2.37. The van der Waals surface area contributed by atoms with Crippen molar-refractivity contribution in [3.05, 3.63) is 207 Å². The zero-order valence-electron chi connectivity index (χ0n) is 32.3. The van der Waals surface area contributed by atoms with Gasteiger partial charge in [0.15, 0.2) is 5.82 Å². The van der Waals surface area contributed by atoms with Gasteiger partial charge in [0.1, 0.15) is 0 Å². The molecule has 0 spiro atoms. The van der Waals surface area contributed by atoms with Gasteiger partial charge in [0, 0.05) is 56.4 Å². The van der Waals surface area contributed by atoms with E-state index in [1.807, 2.05) is 48.7 Å². The van der Waals surface area contributed by atoms with Gasteiger partial charge in [0.2, 0.25) is 0 Å². The molecule has 0 aliphatic rings. The second kappa shape index (κ2) is 14.9. The molecule has 6 nitrogen and oxygen atoms in total. The lowest BCUT2D eigenvalue weighted by atomic mass is 9.97. The lowest BCUT2D eigenvalue weighted by Crippen LogP contribution is -1.97. The van der Waals surface area contributed by atoms with E-state index in [-0.39, 0.29) is 0 Å². The average Bonchev–Trinajstić information content (AvgIpc) is 3.34. The van der Waals surface area contributed by atoms with Gasteiger partial charge in [-0.1, -0.05) is 152 Å². The smallest absolute Gasteiger partial charge is 0.160 e. The number of fused-ring (bicyclic) bond motifs is 4. The fraction of sp³-hybridized carbons (Fsp3) is 0. The summed E-state index contributed by atoms with van der Waals surface area (Å²) in [6.45, 7) is 0. The third kappa shape index (κ3) is 6.52. The standard InChI is InChI=1S/C54H34N6/c1-3-12-35(13-4-1)45-33-48(36-14-5-2-6-15-36)58-53-44(45)28-26-39-27-29-46(57-52(39)53)37-22-24-40(25-23-37)54-59-49(34-50(60-54)47-21-7-8-30-55-47)42-18-9-17-41(32-42)43-20-10-16-38-19-11-31-56-51(38)43/h1-34H. The van der Waals surface area contributed by atoms with Gasteiger partial charge in [-0.2, -0.15) is 0 Å². The van der Waals surface area contributed by atoms with Gasteiger partial charge in [-0.05, 0) is 59.2 Å². The minimum Gasteiger partial charge on any atom is -0.256 e. The Bertz CT molecular complexity index is 3350. The van der Waals surface area contributed by atoms with Crippen LogP contribution in [0.4, 0.5) is 0 Å². The van der Waals surface area contributed by atoms with Crippen LogP contribution in [-0.4, -0.2) is 29.9 Å². The lowest BCUT2D eigenvalue weighted by Gasteiger charge is -2.13. The molecular weight excluding hydrogens is 733 g/mol. The second-order valence-corrected chi connectivity index (χ2v) is 14.7. The van der Waals surface area contributed by atoms with Crippen molar-refractivity contribution >= 4 is 32.7 Å². The van der Waals surface area contributed by atoms with E-state index in [1.165, 1.54) is 0 Å². The molecule has 280 valence electrons. The highest BCUT2D eigenvalue weighted by molar-refractivity contribution is 6.09. The Hall–Kier alpha value is -8.22. The molecule has 11 rings (SSSR count). The van der Waals surface area contributed by atoms with Gasteiger partial charge in [-0.15, -0.1) is 0 Å². The van der Waals surface area contributed by atoms with Crippen LogP contribution in [0.2, 0.25) is 0 Å². The zero-order chi connectivity index (χ0) is 39.8. The molecule has 0 amide bonds. The molecule has 0 aliphatic carbocycles. The van der Waals surface area contributed by atoms with E-state index < -0.39 is 0 Å². The van der Waals surface area contributed by atoms with Crippen molar-refractivity contribution in [2.75, 3.05) is 0 Å². The fourth-order valence-corrected chi connectivity index (χ4v) is 7.99. The first-order valence-electron chi connectivity index (χ1n) is 19.9. The summed E-state index contributed by atoms with van der Waals surface area (Å²) in [7, 11) is 0. The SMILES string of the molecule is c1ccc(-c2cc(-c3ccccc3)c3ccc4ccc(-c5ccc(-c6nc(-c7cccc(-c8cccc9cccnc89)c7)cc(-c7ccccn7)n6)cc5)nc4c3n2)cc1. The van der Waals surface area contributed by atoms with E-state index in [0.29, 0.717) is 5.82 Å².